The van der Waals surface area contributed by atoms with Crippen LogP contribution in [0.1, 0.15) is 18.6 Å². The molecule has 2 N–H and O–H groups in total. The second-order valence-electron chi connectivity index (χ2n) is 4.27. The maximum Gasteiger partial charge on any atom is 0.138 e. The fourth-order valence-corrected chi connectivity index (χ4v) is 2.19. The van der Waals surface area contributed by atoms with E-state index in [4.69, 9.17) is 10.5 Å². The standard InChI is InChI=1S/C15H16BrNO/c1-11(17)15(12-6-3-2-4-7-12)18-14-9-5-8-13(16)10-14/h2-11,15H,17H2,1H3. The predicted octanol–water partition coefficient (Wildman–Crippen LogP) is 3.92. The highest BCUT2D eigenvalue weighted by atomic mass is 79.9. The topological polar surface area (TPSA) is 35.2 Å². The minimum Gasteiger partial charge on any atom is -0.484 e. The van der Waals surface area contributed by atoms with Gasteiger partial charge in [0, 0.05) is 10.5 Å². The first kappa shape index (κ1) is 13.1. The van der Waals surface area contributed by atoms with E-state index in [1.165, 1.54) is 0 Å². The van der Waals surface area contributed by atoms with Gasteiger partial charge >= 0.3 is 0 Å². The summed E-state index contributed by atoms with van der Waals surface area (Å²) in [6.07, 6.45) is -0.138. The van der Waals surface area contributed by atoms with Gasteiger partial charge in [0.2, 0.25) is 0 Å². The molecule has 0 aliphatic rings. The highest BCUT2D eigenvalue weighted by molar-refractivity contribution is 9.10. The third-order valence-corrected chi connectivity index (χ3v) is 3.16. The summed E-state index contributed by atoms with van der Waals surface area (Å²) in [4.78, 5) is 0. The number of rotatable bonds is 4. The zero-order valence-corrected chi connectivity index (χ0v) is 11.8. The lowest BCUT2D eigenvalue weighted by Crippen LogP contribution is -2.29. The predicted molar refractivity (Wildman–Crippen MR) is 77.6 cm³/mol. The van der Waals surface area contributed by atoms with Crippen molar-refractivity contribution in [2.24, 2.45) is 5.73 Å². The Kier molecular flexibility index (Phi) is 4.39. The van der Waals surface area contributed by atoms with E-state index in [9.17, 15) is 0 Å². The molecule has 3 heteroatoms. The summed E-state index contributed by atoms with van der Waals surface area (Å²) in [5.74, 6) is 0.815. The van der Waals surface area contributed by atoms with Gasteiger partial charge in [0.25, 0.3) is 0 Å². The zero-order valence-electron chi connectivity index (χ0n) is 10.2. The van der Waals surface area contributed by atoms with Gasteiger partial charge in [0.15, 0.2) is 0 Å². The van der Waals surface area contributed by atoms with Gasteiger partial charge < -0.3 is 10.5 Å². The molecule has 0 saturated heterocycles. The van der Waals surface area contributed by atoms with E-state index in [0.717, 1.165) is 15.8 Å². The van der Waals surface area contributed by atoms with E-state index in [2.05, 4.69) is 15.9 Å². The van der Waals surface area contributed by atoms with E-state index in [1.54, 1.807) is 0 Å². The van der Waals surface area contributed by atoms with Crippen LogP contribution in [0, 0.1) is 0 Å². The Labute approximate surface area is 116 Å². The number of ether oxygens (including phenoxy) is 1. The Balaban J connectivity index is 2.22. The van der Waals surface area contributed by atoms with Crippen molar-refractivity contribution in [1.82, 2.24) is 0 Å². The second-order valence-corrected chi connectivity index (χ2v) is 5.18. The normalized spacial score (nSPS) is 13.9. The van der Waals surface area contributed by atoms with E-state index < -0.39 is 0 Å². The van der Waals surface area contributed by atoms with Crippen LogP contribution in [0.15, 0.2) is 59.1 Å². The third kappa shape index (κ3) is 3.34. The molecule has 2 atom stereocenters. The minimum atomic E-state index is -0.138. The van der Waals surface area contributed by atoms with Crippen LogP contribution in [-0.4, -0.2) is 6.04 Å². The SMILES string of the molecule is CC(N)C(Oc1cccc(Br)c1)c1ccccc1. The molecule has 2 aromatic rings. The maximum atomic E-state index is 6.02. The minimum absolute atomic E-state index is 0.0774. The molecule has 18 heavy (non-hydrogen) atoms. The molecule has 2 nitrogen and oxygen atoms in total. The van der Waals surface area contributed by atoms with E-state index in [0.29, 0.717) is 0 Å². The summed E-state index contributed by atoms with van der Waals surface area (Å²) < 4.78 is 6.98. The Morgan fingerprint density at radius 2 is 1.78 bits per heavy atom. The van der Waals surface area contributed by atoms with Crippen LogP contribution in [0.25, 0.3) is 0 Å². The fourth-order valence-electron chi connectivity index (χ4n) is 1.81. The molecule has 0 amide bonds. The van der Waals surface area contributed by atoms with Crippen molar-refractivity contribution in [3.63, 3.8) is 0 Å². The highest BCUT2D eigenvalue weighted by Crippen LogP contribution is 2.26. The van der Waals surface area contributed by atoms with Crippen LogP contribution >= 0.6 is 15.9 Å². The van der Waals surface area contributed by atoms with Crippen molar-refractivity contribution >= 4 is 15.9 Å². The van der Waals surface area contributed by atoms with Gasteiger partial charge in [-0.15, -0.1) is 0 Å². The molecule has 0 aliphatic carbocycles. The average molecular weight is 306 g/mol. The maximum absolute atomic E-state index is 6.02. The van der Waals surface area contributed by atoms with Gasteiger partial charge in [0.1, 0.15) is 11.9 Å². The Hall–Kier alpha value is -1.32. The molecule has 2 unspecified atom stereocenters. The summed E-state index contributed by atoms with van der Waals surface area (Å²) in [5, 5.41) is 0. The molecule has 0 heterocycles. The first-order valence-corrected chi connectivity index (χ1v) is 6.69. The summed E-state index contributed by atoms with van der Waals surface area (Å²) in [7, 11) is 0. The molecule has 0 radical (unpaired) electrons. The lowest BCUT2D eigenvalue weighted by atomic mass is 10.0. The number of hydrogen-bond donors (Lipinski definition) is 1. The lowest BCUT2D eigenvalue weighted by molar-refractivity contribution is 0.180. The van der Waals surface area contributed by atoms with Gasteiger partial charge in [-0.2, -0.15) is 0 Å². The number of benzene rings is 2. The average Bonchev–Trinajstić information content (AvgIpc) is 2.37. The zero-order chi connectivity index (χ0) is 13.0. The van der Waals surface area contributed by atoms with Crippen molar-refractivity contribution < 1.29 is 4.74 Å². The largest absolute Gasteiger partial charge is 0.484 e. The summed E-state index contributed by atoms with van der Waals surface area (Å²) in [6.45, 7) is 1.95. The smallest absolute Gasteiger partial charge is 0.138 e. The Bertz CT molecular complexity index is 499. The Morgan fingerprint density at radius 1 is 1.06 bits per heavy atom. The molecule has 2 rings (SSSR count). The number of nitrogens with two attached hydrogens (primary N) is 1. The van der Waals surface area contributed by atoms with Crippen LogP contribution in [0.2, 0.25) is 0 Å². The lowest BCUT2D eigenvalue weighted by Gasteiger charge is -2.23. The van der Waals surface area contributed by atoms with Crippen molar-refractivity contribution in [2.45, 2.75) is 19.1 Å². The molecule has 0 saturated carbocycles. The molecule has 0 spiro atoms. The Morgan fingerprint density at radius 3 is 2.39 bits per heavy atom. The van der Waals surface area contributed by atoms with Gasteiger partial charge in [0.05, 0.1) is 0 Å². The van der Waals surface area contributed by atoms with Crippen molar-refractivity contribution in [3.8, 4) is 5.75 Å². The highest BCUT2D eigenvalue weighted by Gasteiger charge is 2.17. The monoisotopic (exact) mass is 305 g/mol. The number of hydrogen-bond acceptors (Lipinski definition) is 2. The molecule has 0 aromatic heterocycles. The quantitative estimate of drug-likeness (QED) is 0.929. The summed E-state index contributed by atoms with van der Waals surface area (Å²) in [6, 6.07) is 17.8. The van der Waals surface area contributed by atoms with Crippen LogP contribution in [0.5, 0.6) is 5.75 Å². The molecular formula is C15H16BrNO. The van der Waals surface area contributed by atoms with E-state index >= 15 is 0 Å². The van der Waals surface area contributed by atoms with Crippen LogP contribution in [0.4, 0.5) is 0 Å². The van der Waals surface area contributed by atoms with E-state index in [-0.39, 0.29) is 12.1 Å². The number of halogens is 1. The molecule has 0 bridgehead atoms. The molecule has 0 aliphatic heterocycles. The van der Waals surface area contributed by atoms with Crippen molar-refractivity contribution in [3.05, 3.63) is 64.6 Å². The van der Waals surface area contributed by atoms with Gasteiger partial charge in [-0.3, -0.25) is 0 Å². The third-order valence-electron chi connectivity index (χ3n) is 2.66. The molecule has 94 valence electrons. The molecule has 0 fully saturated rings. The fraction of sp³-hybridized carbons (Fsp3) is 0.200. The first-order valence-electron chi connectivity index (χ1n) is 5.89. The van der Waals surface area contributed by atoms with Crippen LogP contribution < -0.4 is 10.5 Å². The van der Waals surface area contributed by atoms with Crippen LogP contribution in [-0.2, 0) is 0 Å². The van der Waals surface area contributed by atoms with Gasteiger partial charge in [-0.05, 0) is 30.7 Å². The molecule has 2 aromatic carbocycles. The molecular weight excluding hydrogens is 290 g/mol. The summed E-state index contributed by atoms with van der Waals surface area (Å²) in [5.41, 5.74) is 7.11. The van der Waals surface area contributed by atoms with Crippen molar-refractivity contribution in [1.29, 1.82) is 0 Å². The first-order chi connectivity index (χ1) is 8.66. The van der Waals surface area contributed by atoms with Gasteiger partial charge in [-0.1, -0.05) is 52.3 Å². The van der Waals surface area contributed by atoms with E-state index in [1.807, 2.05) is 61.5 Å². The van der Waals surface area contributed by atoms with Gasteiger partial charge in [-0.25, -0.2) is 0 Å². The summed E-state index contributed by atoms with van der Waals surface area (Å²) >= 11 is 3.43. The van der Waals surface area contributed by atoms with Crippen LogP contribution in [0.3, 0.4) is 0 Å². The second kappa shape index (κ2) is 6.03. The van der Waals surface area contributed by atoms with Crippen molar-refractivity contribution in [2.75, 3.05) is 0 Å².